The van der Waals surface area contributed by atoms with Crippen LogP contribution in [0.4, 0.5) is 11.4 Å². The van der Waals surface area contributed by atoms with Crippen molar-refractivity contribution in [2.75, 3.05) is 43.1 Å². The number of guanidine groups is 1. The van der Waals surface area contributed by atoms with Gasteiger partial charge in [-0.15, -0.1) is 0 Å². The molecule has 6 heteroatoms. The molecule has 0 spiro atoms. The molecule has 0 aromatic heterocycles. The molecule has 1 atom stereocenters. The van der Waals surface area contributed by atoms with E-state index < -0.39 is 6.04 Å². The van der Waals surface area contributed by atoms with Gasteiger partial charge < -0.3 is 14.5 Å². The number of benzene rings is 3. The molecule has 2 aliphatic heterocycles. The maximum Gasteiger partial charge on any atom is 0.259 e. The Kier molecular flexibility index (Phi) is 6.45. The van der Waals surface area contributed by atoms with Gasteiger partial charge in [0.1, 0.15) is 11.8 Å². The summed E-state index contributed by atoms with van der Waals surface area (Å²) in [4.78, 5) is 25.2. The maximum absolute atomic E-state index is 13.7. The minimum atomic E-state index is -0.450. The minimum absolute atomic E-state index is 0.00897. The quantitative estimate of drug-likeness (QED) is 0.555. The number of carbonyl (C=O) groups is 1. The predicted octanol–water partition coefficient (Wildman–Crippen LogP) is 4.45. The van der Waals surface area contributed by atoms with Crippen LogP contribution in [0.2, 0.25) is 0 Å². The largest absolute Gasteiger partial charge is 0.495 e. The molecule has 180 valence electrons. The van der Waals surface area contributed by atoms with Gasteiger partial charge in [0.25, 0.3) is 5.91 Å². The minimum Gasteiger partial charge on any atom is -0.495 e. The number of ether oxygens (including phenoxy) is 1. The molecule has 0 aliphatic carbocycles. The van der Waals surface area contributed by atoms with Gasteiger partial charge in [0, 0.05) is 38.3 Å². The zero-order chi connectivity index (χ0) is 24.4. The van der Waals surface area contributed by atoms with Gasteiger partial charge in [-0.25, -0.2) is 9.89 Å². The van der Waals surface area contributed by atoms with Gasteiger partial charge in [-0.3, -0.25) is 4.79 Å². The Morgan fingerprint density at radius 3 is 2.29 bits per heavy atom. The zero-order valence-electron chi connectivity index (χ0n) is 20.6. The number of nitrogens with zero attached hydrogens (tertiary/aromatic N) is 4. The number of hydrogen-bond acceptors (Lipinski definition) is 5. The molecule has 3 aromatic carbocycles. The predicted molar refractivity (Wildman–Crippen MR) is 142 cm³/mol. The van der Waals surface area contributed by atoms with Crippen molar-refractivity contribution < 1.29 is 9.53 Å². The average molecular weight is 469 g/mol. The number of aliphatic imine (C=N–C) groups is 1. The van der Waals surface area contributed by atoms with E-state index in [0.717, 1.165) is 43.4 Å². The first-order valence-electron chi connectivity index (χ1n) is 12.2. The van der Waals surface area contributed by atoms with Gasteiger partial charge in [-0.1, -0.05) is 54.6 Å². The molecule has 0 radical (unpaired) electrons. The molecule has 2 aliphatic rings. The average Bonchev–Trinajstić information content (AvgIpc) is 3.21. The highest BCUT2D eigenvalue weighted by Crippen LogP contribution is 2.33. The topological polar surface area (TPSA) is 48.4 Å². The third kappa shape index (κ3) is 4.61. The lowest BCUT2D eigenvalue weighted by molar-refractivity contribution is -0.118. The van der Waals surface area contributed by atoms with E-state index in [9.17, 15) is 4.79 Å². The van der Waals surface area contributed by atoms with E-state index >= 15 is 0 Å². The van der Waals surface area contributed by atoms with E-state index in [2.05, 4.69) is 54.0 Å². The fourth-order valence-corrected chi connectivity index (χ4v) is 4.94. The normalized spacial score (nSPS) is 18.1. The summed E-state index contributed by atoms with van der Waals surface area (Å²) in [7, 11) is 1.64. The maximum atomic E-state index is 13.7. The number of piperazine rings is 1. The Balaban J connectivity index is 1.42. The van der Waals surface area contributed by atoms with Crippen molar-refractivity contribution in [3.8, 4) is 5.75 Å². The zero-order valence-corrected chi connectivity index (χ0v) is 20.6. The van der Waals surface area contributed by atoms with Gasteiger partial charge in [-0.2, -0.15) is 0 Å². The molecule has 0 saturated carbocycles. The Morgan fingerprint density at radius 2 is 1.54 bits per heavy atom. The molecule has 5 rings (SSSR count). The van der Waals surface area contributed by atoms with Crippen molar-refractivity contribution in [1.82, 2.24) is 4.90 Å². The summed E-state index contributed by atoms with van der Waals surface area (Å²) in [6, 6.07) is 23.9. The monoisotopic (exact) mass is 468 g/mol. The summed E-state index contributed by atoms with van der Waals surface area (Å²) in [5.74, 6) is 1.38. The number of rotatable bonds is 5. The van der Waals surface area contributed by atoms with Crippen molar-refractivity contribution in [2.24, 2.45) is 4.99 Å². The molecular weight excluding hydrogens is 436 g/mol. The van der Waals surface area contributed by atoms with E-state index in [1.54, 1.807) is 12.0 Å². The van der Waals surface area contributed by atoms with Crippen LogP contribution in [-0.2, 0) is 11.2 Å². The molecule has 1 amide bonds. The molecule has 0 bridgehead atoms. The Hall–Kier alpha value is -3.80. The number of hydrogen-bond donors (Lipinski definition) is 0. The second kappa shape index (κ2) is 9.82. The lowest BCUT2D eigenvalue weighted by Crippen LogP contribution is -2.53. The van der Waals surface area contributed by atoms with E-state index in [1.807, 2.05) is 42.5 Å². The van der Waals surface area contributed by atoms with Crippen molar-refractivity contribution in [1.29, 1.82) is 0 Å². The van der Waals surface area contributed by atoms with Gasteiger partial charge >= 0.3 is 0 Å². The lowest BCUT2D eigenvalue weighted by Gasteiger charge is -2.39. The Morgan fingerprint density at radius 1 is 0.857 bits per heavy atom. The van der Waals surface area contributed by atoms with Crippen molar-refractivity contribution in [3.63, 3.8) is 0 Å². The summed E-state index contributed by atoms with van der Waals surface area (Å²) in [5, 5.41) is 0. The summed E-state index contributed by atoms with van der Waals surface area (Å²) >= 11 is 0. The Labute approximate surface area is 207 Å². The molecule has 35 heavy (non-hydrogen) atoms. The van der Waals surface area contributed by atoms with Crippen LogP contribution in [0.1, 0.15) is 16.7 Å². The smallest absolute Gasteiger partial charge is 0.259 e. The number of aryl methyl sites for hydroxylation is 2. The van der Waals surface area contributed by atoms with Crippen LogP contribution in [0, 0.1) is 13.8 Å². The summed E-state index contributed by atoms with van der Waals surface area (Å²) in [6.45, 7) is 7.64. The van der Waals surface area contributed by atoms with Crippen molar-refractivity contribution >= 4 is 23.2 Å². The molecule has 1 saturated heterocycles. The molecule has 2 heterocycles. The summed E-state index contributed by atoms with van der Waals surface area (Å²) in [5.41, 5.74) is 5.69. The Bertz CT molecular complexity index is 1230. The highest BCUT2D eigenvalue weighted by Gasteiger charge is 2.40. The van der Waals surface area contributed by atoms with Crippen LogP contribution in [0.15, 0.2) is 77.8 Å². The van der Waals surface area contributed by atoms with Crippen LogP contribution < -0.4 is 14.5 Å². The highest BCUT2D eigenvalue weighted by atomic mass is 16.5. The molecule has 0 N–H and O–H groups in total. The first-order chi connectivity index (χ1) is 17.0. The van der Waals surface area contributed by atoms with Gasteiger partial charge in [0.05, 0.1) is 12.8 Å². The van der Waals surface area contributed by atoms with E-state index in [1.165, 1.54) is 16.8 Å². The standard InChI is InChI=1S/C29H32N4O2/c1-21-13-14-22(2)26(19-21)31-15-17-32(18-16-31)29-30-24(20-23-9-5-4-6-10-23)28(34)33(29)25-11-7-8-12-27(25)35-3/h4-14,19,24H,15-18,20H2,1-3H3. The molecule has 3 aromatic rings. The van der Waals surface area contributed by atoms with E-state index in [4.69, 9.17) is 9.73 Å². The number of carbonyl (C=O) groups excluding carboxylic acids is 1. The van der Waals surface area contributed by atoms with Crippen molar-refractivity contribution in [3.05, 3.63) is 89.5 Å². The SMILES string of the molecule is COc1ccccc1N1C(=O)C(Cc2ccccc2)N=C1N1CCN(c2cc(C)ccc2C)CC1. The summed E-state index contributed by atoms with van der Waals surface area (Å²) in [6.07, 6.45) is 0.581. The third-order valence-corrected chi connectivity index (χ3v) is 6.84. The van der Waals surface area contributed by atoms with E-state index in [0.29, 0.717) is 12.2 Å². The van der Waals surface area contributed by atoms with Gasteiger partial charge in [-0.05, 0) is 48.7 Å². The van der Waals surface area contributed by atoms with Gasteiger partial charge in [0.15, 0.2) is 0 Å². The summed E-state index contributed by atoms with van der Waals surface area (Å²) < 4.78 is 5.62. The van der Waals surface area contributed by atoms with Crippen LogP contribution in [0.25, 0.3) is 0 Å². The third-order valence-electron chi connectivity index (χ3n) is 6.84. The number of amides is 1. The number of para-hydroxylation sites is 2. The second-order valence-corrected chi connectivity index (χ2v) is 9.24. The molecular formula is C29H32N4O2. The number of methoxy groups -OCH3 is 1. The molecule has 6 nitrogen and oxygen atoms in total. The fourth-order valence-electron chi connectivity index (χ4n) is 4.94. The molecule has 1 fully saturated rings. The van der Waals surface area contributed by atoms with E-state index in [-0.39, 0.29) is 5.91 Å². The van der Waals surface area contributed by atoms with Crippen LogP contribution in [0.5, 0.6) is 5.75 Å². The first kappa shape index (κ1) is 23.0. The highest BCUT2D eigenvalue weighted by molar-refractivity contribution is 6.22. The molecule has 1 unspecified atom stereocenters. The fraction of sp³-hybridized carbons (Fsp3) is 0.310. The van der Waals surface area contributed by atoms with Crippen LogP contribution in [0.3, 0.4) is 0 Å². The van der Waals surface area contributed by atoms with Crippen LogP contribution >= 0.6 is 0 Å². The van der Waals surface area contributed by atoms with Crippen molar-refractivity contribution in [2.45, 2.75) is 26.3 Å². The van der Waals surface area contributed by atoms with Crippen LogP contribution in [-0.4, -0.2) is 56.1 Å². The number of anilines is 2. The lowest BCUT2D eigenvalue weighted by atomic mass is 10.1. The second-order valence-electron chi connectivity index (χ2n) is 9.24. The van der Waals surface area contributed by atoms with Gasteiger partial charge in [0.2, 0.25) is 5.96 Å². The first-order valence-corrected chi connectivity index (χ1v) is 12.2.